The number of hydrogen-bond donors (Lipinski definition) is 2. The molecular weight excluding hydrogens is 354 g/mol. The highest BCUT2D eigenvalue weighted by Gasteiger charge is 2.16. The van der Waals surface area contributed by atoms with Crippen LogP contribution in [0.5, 0.6) is 0 Å². The normalized spacial score (nSPS) is 11.2. The van der Waals surface area contributed by atoms with Crippen LogP contribution < -0.4 is 5.73 Å². The minimum Gasteiger partial charge on any atom is -0.481 e. The first kappa shape index (κ1) is 19.9. The third-order valence-electron chi connectivity index (χ3n) is 3.51. The lowest BCUT2D eigenvalue weighted by molar-refractivity contribution is -0.137. The predicted octanol–water partition coefficient (Wildman–Crippen LogP) is 3.96. The summed E-state index contributed by atoms with van der Waals surface area (Å²) in [6.07, 6.45) is -0.107. The number of hydrogen-bond acceptors (Lipinski definition) is 3. The summed E-state index contributed by atoms with van der Waals surface area (Å²) < 4.78 is 13.6. The zero-order valence-corrected chi connectivity index (χ0v) is 14.1. The van der Waals surface area contributed by atoms with Crippen LogP contribution in [0, 0.1) is 17.1 Å². The smallest absolute Gasteiger partial charge is 0.304 e. The van der Waals surface area contributed by atoms with Crippen LogP contribution in [0.1, 0.15) is 23.5 Å². The van der Waals surface area contributed by atoms with Crippen molar-refractivity contribution in [1.82, 2.24) is 0 Å². The molecule has 1 atom stereocenters. The van der Waals surface area contributed by atoms with E-state index in [0.717, 1.165) is 6.07 Å². The minimum atomic E-state index is -0.950. The summed E-state index contributed by atoms with van der Waals surface area (Å²) in [6, 6.07) is 10.9. The Bertz CT molecular complexity index is 791. The van der Waals surface area contributed by atoms with Crippen LogP contribution in [0.4, 0.5) is 4.39 Å². The number of aliphatic carboxylic acids is 1. The average molecular weight is 369 g/mol. The first-order chi connectivity index (χ1) is 10.9. The van der Waals surface area contributed by atoms with Gasteiger partial charge >= 0.3 is 5.97 Å². The van der Waals surface area contributed by atoms with Crippen molar-refractivity contribution in [2.24, 2.45) is 5.73 Å². The van der Waals surface area contributed by atoms with E-state index in [-0.39, 0.29) is 36.9 Å². The SMILES string of the molecule is Cl.N#Cc1cc(F)cc(-c2cc([C@H](CN)CC(=O)O)ccc2Cl)c1. The van der Waals surface area contributed by atoms with Gasteiger partial charge in [0.1, 0.15) is 5.82 Å². The molecule has 0 heterocycles. The van der Waals surface area contributed by atoms with Crippen molar-refractivity contribution in [1.29, 1.82) is 5.26 Å². The van der Waals surface area contributed by atoms with Crippen LogP contribution in [-0.4, -0.2) is 17.6 Å². The molecule has 24 heavy (non-hydrogen) atoms. The number of carboxylic acid groups (broad SMARTS) is 1. The Hall–Kier alpha value is -2.13. The van der Waals surface area contributed by atoms with Gasteiger partial charge in [-0.1, -0.05) is 17.7 Å². The van der Waals surface area contributed by atoms with E-state index in [1.807, 2.05) is 6.07 Å². The van der Waals surface area contributed by atoms with Crippen LogP contribution >= 0.6 is 24.0 Å². The van der Waals surface area contributed by atoms with Crippen LogP contribution in [-0.2, 0) is 4.79 Å². The summed E-state index contributed by atoms with van der Waals surface area (Å²) in [7, 11) is 0. The second kappa shape index (κ2) is 8.65. The zero-order chi connectivity index (χ0) is 17.0. The van der Waals surface area contributed by atoms with Gasteiger partial charge in [-0.3, -0.25) is 4.79 Å². The summed E-state index contributed by atoms with van der Waals surface area (Å²) in [5.74, 6) is -1.86. The molecule has 0 spiro atoms. The van der Waals surface area contributed by atoms with E-state index < -0.39 is 11.8 Å². The van der Waals surface area contributed by atoms with E-state index >= 15 is 0 Å². The van der Waals surface area contributed by atoms with Crippen molar-refractivity contribution in [2.75, 3.05) is 6.54 Å². The number of rotatable bonds is 5. The molecule has 0 aromatic heterocycles. The number of halogens is 3. The Morgan fingerprint density at radius 1 is 1.33 bits per heavy atom. The largest absolute Gasteiger partial charge is 0.481 e. The van der Waals surface area contributed by atoms with Crippen LogP contribution in [0.2, 0.25) is 5.02 Å². The fourth-order valence-electron chi connectivity index (χ4n) is 2.38. The third-order valence-corrected chi connectivity index (χ3v) is 3.83. The first-order valence-corrected chi connectivity index (χ1v) is 7.24. The molecule has 126 valence electrons. The fraction of sp³-hybridized carbons (Fsp3) is 0.176. The van der Waals surface area contributed by atoms with Gasteiger partial charge in [0, 0.05) is 16.5 Å². The number of carbonyl (C=O) groups is 1. The van der Waals surface area contributed by atoms with Gasteiger partial charge in [-0.05, 0) is 48.0 Å². The van der Waals surface area contributed by atoms with Gasteiger partial charge in [-0.2, -0.15) is 5.26 Å². The van der Waals surface area contributed by atoms with Gasteiger partial charge in [-0.25, -0.2) is 4.39 Å². The van der Waals surface area contributed by atoms with Crippen molar-refractivity contribution >= 4 is 30.0 Å². The van der Waals surface area contributed by atoms with Crippen molar-refractivity contribution in [2.45, 2.75) is 12.3 Å². The zero-order valence-electron chi connectivity index (χ0n) is 12.5. The number of nitrogens with zero attached hydrogens (tertiary/aromatic N) is 1. The molecule has 3 N–H and O–H groups in total. The van der Waals surface area contributed by atoms with Crippen molar-refractivity contribution in [3.05, 3.63) is 58.4 Å². The molecule has 0 radical (unpaired) electrons. The number of benzene rings is 2. The molecule has 0 aliphatic carbocycles. The quantitative estimate of drug-likeness (QED) is 0.835. The molecule has 0 saturated carbocycles. The van der Waals surface area contributed by atoms with Gasteiger partial charge < -0.3 is 10.8 Å². The molecule has 4 nitrogen and oxygen atoms in total. The minimum absolute atomic E-state index is 0. The molecule has 0 bridgehead atoms. The predicted molar refractivity (Wildman–Crippen MR) is 92.9 cm³/mol. The molecule has 0 unspecified atom stereocenters. The number of carboxylic acids is 1. The average Bonchev–Trinajstić information content (AvgIpc) is 2.52. The van der Waals surface area contributed by atoms with E-state index in [2.05, 4.69) is 0 Å². The summed E-state index contributed by atoms with van der Waals surface area (Å²) in [6.45, 7) is 0.167. The van der Waals surface area contributed by atoms with Gasteiger partial charge in [0.05, 0.1) is 18.1 Å². The summed E-state index contributed by atoms with van der Waals surface area (Å²) >= 11 is 6.18. The van der Waals surface area contributed by atoms with Gasteiger partial charge in [0.2, 0.25) is 0 Å². The Balaban J connectivity index is 0.00000288. The molecular formula is C17H15Cl2FN2O2. The first-order valence-electron chi connectivity index (χ1n) is 6.87. The highest BCUT2D eigenvalue weighted by atomic mass is 35.5. The van der Waals surface area contributed by atoms with E-state index in [1.54, 1.807) is 18.2 Å². The Morgan fingerprint density at radius 2 is 2.04 bits per heavy atom. The highest BCUT2D eigenvalue weighted by Crippen LogP contribution is 2.32. The maximum atomic E-state index is 13.6. The second-order valence-corrected chi connectivity index (χ2v) is 5.52. The maximum Gasteiger partial charge on any atom is 0.304 e. The van der Waals surface area contributed by atoms with Crippen molar-refractivity contribution in [3.8, 4) is 17.2 Å². The Kier molecular flexibility index (Phi) is 7.18. The van der Waals surface area contributed by atoms with Crippen LogP contribution in [0.15, 0.2) is 36.4 Å². The van der Waals surface area contributed by atoms with E-state index in [0.29, 0.717) is 21.7 Å². The summed E-state index contributed by atoms with van der Waals surface area (Å²) in [5.41, 5.74) is 7.53. The molecule has 0 aliphatic heterocycles. The van der Waals surface area contributed by atoms with Crippen LogP contribution in [0.25, 0.3) is 11.1 Å². The molecule has 0 aliphatic rings. The van der Waals surface area contributed by atoms with E-state index in [9.17, 15) is 9.18 Å². The number of nitriles is 1. The van der Waals surface area contributed by atoms with E-state index in [1.165, 1.54) is 12.1 Å². The van der Waals surface area contributed by atoms with Crippen LogP contribution in [0.3, 0.4) is 0 Å². The maximum absolute atomic E-state index is 13.6. The van der Waals surface area contributed by atoms with Gasteiger partial charge in [0.15, 0.2) is 0 Å². The Morgan fingerprint density at radius 3 is 2.62 bits per heavy atom. The Labute approximate surface area is 150 Å². The molecule has 2 aromatic rings. The lowest BCUT2D eigenvalue weighted by atomic mass is 9.92. The number of nitrogens with two attached hydrogens (primary N) is 1. The topological polar surface area (TPSA) is 87.1 Å². The molecule has 0 saturated heterocycles. The molecule has 0 fully saturated rings. The lowest BCUT2D eigenvalue weighted by Crippen LogP contribution is -2.16. The monoisotopic (exact) mass is 368 g/mol. The molecule has 2 rings (SSSR count). The molecule has 2 aromatic carbocycles. The highest BCUT2D eigenvalue weighted by molar-refractivity contribution is 6.33. The lowest BCUT2D eigenvalue weighted by Gasteiger charge is -2.15. The van der Waals surface area contributed by atoms with Gasteiger partial charge in [0.25, 0.3) is 0 Å². The second-order valence-electron chi connectivity index (χ2n) is 5.11. The fourth-order valence-corrected chi connectivity index (χ4v) is 2.60. The van der Waals surface area contributed by atoms with Crippen molar-refractivity contribution in [3.63, 3.8) is 0 Å². The van der Waals surface area contributed by atoms with Crippen molar-refractivity contribution < 1.29 is 14.3 Å². The van der Waals surface area contributed by atoms with E-state index in [4.69, 9.17) is 27.7 Å². The summed E-state index contributed by atoms with van der Waals surface area (Å²) in [5, 5.41) is 18.3. The third kappa shape index (κ3) is 4.68. The molecule has 0 amide bonds. The molecule has 7 heteroatoms. The standard InChI is InChI=1S/C17H14ClFN2O2.ClH/c18-16-2-1-11(13(9-21)7-17(22)23)6-15(16)12-3-10(8-20)4-14(19)5-12;/h1-6,13H,7,9,21H2,(H,22,23);1H/t13-;/m0./s1. The summed E-state index contributed by atoms with van der Waals surface area (Å²) in [4.78, 5) is 10.9. The van der Waals surface area contributed by atoms with Gasteiger partial charge in [-0.15, -0.1) is 12.4 Å².